The number of hydrogen-bond acceptors (Lipinski definition) is 5. The topological polar surface area (TPSA) is 73.9 Å². The summed E-state index contributed by atoms with van der Waals surface area (Å²) in [5.74, 6) is -1.64. The maximum atomic E-state index is 13.8. The lowest BCUT2D eigenvalue weighted by atomic mass is 10.1. The summed E-state index contributed by atoms with van der Waals surface area (Å²) in [6.07, 6.45) is 0. The number of carbonyl (C=O) groups excluding carboxylic acids is 2. The van der Waals surface area contributed by atoms with Gasteiger partial charge in [0.05, 0.1) is 25.3 Å². The van der Waals surface area contributed by atoms with E-state index < -0.39 is 36.2 Å². The number of rotatable bonds is 9. The van der Waals surface area contributed by atoms with Crippen molar-refractivity contribution >= 4 is 11.9 Å². The molecule has 6 nitrogen and oxygen atoms in total. The number of amides is 1. The Balaban J connectivity index is 1.93. The van der Waals surface area contributed by atoms with Crippen molar-refractivity contribution in [2.75, 3.05) is 20.3 Å². The molecule has 162 valence electrons. The number of ether oxygens (including phenoxy) is 3. The Morgan fingerprint density at radius 1 is 1.03 bits per heavy atom. The van der Waals surface area contributed by atoms with Gasteiger partial charge in [-0.2, -0.15) is 0 Å². The third-order valence-electron chi connectivity index (χ3n) is 4.11. The minimum absolute atomic E-state index is 0.123. The van der Waals surface area contributed by atoms with Gasteiger partial charge >= 0.3 is 5.97 Å². The smallest absolute Gasteiger partial charge is 0.338 e. The highest BCUT2D eigenvalue weighted by atomic mass is 19.1. The maximum absolute atomic E-state index is 13.8. The van der Waals surface area contributed by atoms with E-state index in [1.54, 1.807) is 6.07 Å². The van der Waals surface area contributed by atoms with Crippen LogP contribution in [0.4, 0.5) is 8.78 Å². The summed E-state index contributed by atoms with van der Waals surface area (Å²) in [6, 6.07) is 6.92. The summed E-state index contributed by atoms with van der Waals surface area (Å²) in [5, 5.41) is 2.50. The van der Waals surface area contributed by atoms with Crippen LogP contribution in [-0.2, 0) is 9.53 Å². The SMILES string of the molecule is COc1cc(C(=O)OCC(=O)N[C@H](C)c2ccc(F)cc2F)ccc1OCC(C)C. The highest BCUT2D eigenvalue weighted by Gasteiger charge is 2.17. The lowest BCUT2D eigenvalue weighted by Crippen LogP contribution is -2.31. The number of halogens is 2. The van der Waals surface area contributed by atoms with E-state index in [0.717, 1.165) is 12.1 Å². The van der Waals surface area contributed by atoms with Gasteiger partial charge in [-0.25, -0.2) is 13.6 Å². The van der Waals surface area contributed by atoms with E-state index in [1.165, 1.54) is 32.2 Å². The molecular formula is C22H25F2NO5. The highest BCUT2D eigenvalue weighted by Crippen LogP contribution is 2.28. The predicted molar refractivity (Wildman–Crippen MR) is 107 cm³/mol. The van der Waals surface area contributed by atoms with E-state index in [9.17, 15) is 18.4 Å². The van der Waals surface area contributed by atoms with E-state index in [2.05, 4.69) is 5.32 Å². The average Bonchev–Trinajstić information content (AvgIpc) is 2.70. The fourth-order valence-electron chi connectivity index (χ4n) is 2.60. The fraction of sp³-hybridized carbons (Fsp3) is 0.364. The number of hydrogen-bond donors (Lipinski definition) is 1. The Morgan fingerprint density at radius 2 is 1.77 bits per heavy atom. The van der Waals surface area contributed by atoms with Gasteiger partial charge in [-0.1, -0.05) is 19.9 Å². The van der Waals surface area contributed by atoms with Crippen molar-refractivity contribution in [2.24, 2.45) is 5.92 Å². The van der Waals surface area contributed by atoms with Gasteiger partial charge in [0.2, 0.25) is 0 Å². The molecule has 1 atom stereocenters. The molecule has 0 aliphatic carbocycles. The third-order valence-corrected chi connectivity index (χ3v) is 4.11. The van der Waals surface area contributed by atoms with Gasteiger partial charge in [0.1, 0.15) is 11.6 Å². The van der Waals surface area contributed by atoms with Gasteiger partial charge in [-0.05, 0) is 37.1 Å². The molecule has 2 aromatic rings. The Bertz CT molecular complexity index is 901. The Hall–Kier alpha value is -3.16. The van der Waals surface area contributed by atoms with Gasteiger partial charge in [0.25, 0.3) is 5.91 Å². The molecule has 0 saturated heterocycles. The summed E-state index contributed by atoms with van der Waals surface area (Å²) in [4.78, 5) is 24.3. The molecule has 2 aromatic carbocycles. The molecule has 0 heterocycles. The summed E-state index contributed by atoms with van der Waals surface area (Å²) < 4.78 is 42.7. The molecule has 0 aliphatic heterocycles. The normalized spacial score (nSPS) is 11.7. The molecule has 0 aliphatic rings. The molecule has 1 N–H and O–H groups in total. The molecule has 0 saturated carbocycles. The zero-order chi connectivity index (χ0) is 22.3. The van der Waals surface area contributed by atoms with Crippen LogP contribution < -0.4 is 14.8 Å². The van der Waals surface area contributed by atoms with E-state index in [4.69, 9.17) is 14.2 Å². The second kappa shape index (κ2) is 10.6. The van der Waals surface area contributed by atoms with E-state index in [-0.39, 0.29) is 11.1 Å². The fourth-order valence-corrected chi connectivity index (χ4v) is 2.60. The van der Waals surface area contributed by atoms with Crippen LogP contribution in [0, 0.1) is 17.6 Å². The van der Waals surface area contributed by atoms with E-state index in [0.29, 0.717) is 24.0 Å². The second-order valence-corrected chi connectivity index (χ2v) is 7.10. The average molecular weight is 421 g/mol. The van der Waals surface area contributed by atoms with E-state index in [1.807, 2.05) is 13.8 Å². The summed E-state index contributed by atoms with van der Waals surface area (Å²) >= 11 is 0. The largest absolute Gasteiger partial charge is 0.493 e. The Morgan fingerprint density at radius 3 is 2.40 bits per heavy atom. The zero-order valence-electron chi connectivity index (χ0n) is 17.3. The van der Waals surface area contributed by atoms with Crippen LogP contribution in [-0.4, -0.2) is 32.2 Å². The van der Waals surface area contributed by atoms with Crippen LogP contribution >= 0.6 is 0 Å². The molecule has 2 rings (SSSR count). The van der Waals surface area contributed by atoms with Crippen molar-refractivity contribution in [3.05, 3.63) is 59.2 Å². The van der Waals surface area contributed by atoms with Gasteiger partial charge in [-0.15, -0.1) is 0 Å². The van der Waals surface area contributed by atoms with Gasteiger partial charge in [-0.3, -0.25) is 4.79 Å². The van der Waals surface area contributed by atoms with Gasteiger partial charge in [0.15, 0.2) is 18.1 Å². The third kappa shape index (κ3) is 6.43. The van der Waals surface area contributed by atoms with Gasteiger partial charge < -0.3 is 19.5 Å². The van der Waals surface area contributed by atoms with Crippen molar-refractivity contribution in [1.82, 2.24) is 5.32 Å². The Kier molecular flexibility index (Phi) is 8.15. The lowest BCUT2D eigenvalue weighted by molar-refractivity contribution is -0.124. The molecule has 30 heavy (non-hydrogen) atoms. The molecule has 0 unspecified atom stereocenters. The predicted octanol–water partition coefficient (Wildman–Crippen LogP) is 4.04. The van der Waals surface area contributed by atoms with Crippen molar-refractivity contribution < 1.29 is 32.6 Å². The van der Waals surface area contributed by atoms with Crippen molar-refractivity contribution in [3.63, 3.8) is 0 Å². The first-order valence-corrected chi connectivity index (χ1v) is 9.43. The first-order chi connectivity index (χ1) is 14.2. The number of benzene rings is 2. The minimum atomic E-state index is -0.772. The number of carbonyl (C=O) groups is 2. The van der Waals surface area contributed by atoms with Crippen LogP contribution in [0.5, 0.6) is 11.5 Å². The number of nitrogens with one attached hydrogen (secondary N) is 1. The van der Waals surface area contributed by atoms with Crippen LogP contribution in [0.15, 0.2) is 36.4 Å². The zero-order valence-corrected chi connectivity index (χ0v) is 17.3. The quantitative estimate of drug-likeness (QED) is 0.619. The first kappa shape index (κ1) is 23.1. The number of methoxy groups -OCH3 is 1. The van der Waals surface area contributed by atoms with E-state index >= 15 is 0 Å². The standard InChI is InChI=1S/C22H25F2NO5/c1-13(2)11-29-19-8-5-15(9-20(19)28-4)22(27)30-12-21(26)25-14(3)17-7-6-16(23)10-18(17)24/h5-10,13-14H,11-12H2,1-4H3,(H,25,26)/t14-/m1/s1. The molecule has 0 bridgehead atoms. The van der Waals surface area contributed by atoms with Gasteiger partial charge in [0, 0.05) is 11.6 Å². The Labute approximate surface area is 174 Å². The monoisotopic (exact) mass is 421 g/mol. The highest BCUT2D eigenvalue weighted by molar-refractivity contribution is 5.92. The molecule has 0 aromatic heterocycles. The molecule has 0 fully saturated rings. The minimum Gasteiger partial charge on any atom is -0.493 e. The van der Waals surface area contributed by atoms with Crippen LogP contribution in [0.25, 0.3) is 0 Å². The molecule has 8 heteroatoms. The summed E-state index contributed by atoms with van der Waals surface area (Å²) in [7, 11) is 1.45. The molecule has 0 radical (unpaired) electrons. The molecular weight excluding hydrogens is 396 g/mol. The number of esters is 1. The van der Waals surface area contributed by atoms with Crippen LogP contribution in [0.2, 0.25) is 0 Å². The van der Waals surface area contributed by atoms with Crippen molar-refractivity contribution in [3.8, 4) is 11.5 Å². The first-order valence-electron chi connectivity index (χ1n) is 9.43. The van der Waals surface area contributed by atoms with Crippen molar-refractivity contribution in [1.29, 1.82) is 0 Å². The van der Waals surface area contributed by atoms with Crippen molar-refractivity contribution in [2.45, 2.75) is 26.8 Å². The van der Waals surface area contributed by atoms with Crippen LogP contribution in [0.3, 0.4) is 0 Å². The maximum Gasteiger partial charge on any atom is 0.338 e. The van der Waals surface area contributed by atoms with Crippen LogP contribution in [0.1, 0.15) is 42.7 Å². The summed E-state index contributed by atoms with van der Waals surface area (Å²) in [5.41, 5.74) is 0.312. The molecule has 0 spiro atoms. The second-order valence-electron chi connectivity index (χ2n) is 7.10. The lowest BCUT2D eigenvalue weighted by Gasteiger charge is -2.15. The molecule has 1 amide bonds. The summed E-state index contributed by atoms with van der Waals surface area (Å²) in [6.45, 7) is 5.49.